The monoisotopic (exact) mass is 236 g/mol. The van der Waals surface area contributed by atoms with E-state index in [1.54, 1.807) is 11.9 Å². The summed E-state index contributed by atoms with van der Waals surface area (Å²) in [5, 5.41) is 2.92. The molecule has 1 N–H and O–H groups in total. The molecule has 0 aromatic carbocycles. The highest BCUT2D eigenvalue weighted by molar-refractivity contribution is 7.90. The van der Waals surface area contributed by atoms with Crippen molar-refractivity contribution in [3.8, 4) is 0 Å². The van der Waals surface area contributed by atoms with Gasteiger partial charge in [-0.25, -0.2) is 8.42 Å². The first-order valence-electron chi connectivity index (χ1n) is 4.99. The van der Waals surface area contributed by atoms with Gasteiger partial charge in [-0.05, 0) is 19.9 Å². The van der Waals surface area contributed by atoms with Crippen LogP contribution in [0.1, 0.15) is 13.3 Å². The SMILES string of the molecule is CCN(C)C(=O)CNCCCS(C)(=O)=O. The fraction of sp³-hybridized carbons (Fsp3) is 0.889. The van der Waals surface area contributed by atoms with Crippen LogP contribution in [0.4, 0.5) is 0 Å². The van der Waals surface area contributed by atoms with Crippen molar-refractivity contribution in [1.29, 1.82) is 0 Å². The fourth-order valence-corrected chi connectivity index (χ4v) is 1.63. The molecule has 15 heavy (non-hydrogen) atoms. The smallest absolute Gasteiger partial charge is 0.236 e. The Morgan fingerprint density at radius 2 is 2.00 bits per heavy atom. The molecular weight excluding hydrogens is 216 g/mol. The van der Waals surface area contributed by atoms with Crippen LogP contribution in [0, 0.1) is 0 Å². The maximum atomic E-state index is 11.3. The first-order valence-corrected chi connectivity index (χ1v) is 7.05. The number of hydrogen-bond donors (Lipinski definition) is 1. The van der Waals surface area contributed by atoms with E-state index in [-0.39, 0.29) is 18.2 Å². The largest absolute Gasteiger partial charge is 0.345 e. The summed E-state index contributed by atoms with van der Waals surface area (Å²) in [5.41, 5.74) is 0. The van der Waals surface area contributed by atoms with Crippen molar-refractivity contribution in [1.82, 2.24) is 10.2 Å². The number of rotatable bonds is 7. The van der Waals surface area contributed by atoms with Gasteiger partial charge in [0, 0.05) is 19.8 Å². The predicted octanol–water partition coefficient (Wildman–Crippen LogP) is -0.511. The van der Waals surface area contributed by atoms with Gasteiger partial charge in [0.25, 0.3) is 0 Å². The van der Waals surface area contributed by atoms with E-state index in [1.807, 2.05) is 6.92 Å². The van der Waals surface area contributed by atoms with Crippen LogP contribution >= 0.6 is 0 Å². The van der Waals surface area contributed by atoms with Crippen molar-refractivity contribution in [2.45, 2.75) is 13.3 Å². The lowest BCUT2D eigenvalue weighted by molar-refractivity contribution is -0.128. The lowest BCUT2D eigenvalue weighted by atomic mass is 10.4. The highest BCUT2D eigenvalue weighted by Gasteiger charge is 2.05. The number of amides is 1. The van der Waals surface area contributed by atoms with Gasteiger partial charge < -0.3 is 10.2 Å². The highest BCUT2D eigenvalue weighted by atomic mass is 32.2. The molecule has 0 aliphatic carbocycles. The molecule has 0 bridgehead atoms. The summed E-state index contributed by atoms with van der Waals surface area (Å²) >= 11 is 0. The second-order valence-corrected chi connectivity index (χ2v) is 5.83. The summed E-state index contributed by atoms with van der Waals surface area (Å²) in [7, 11) is -1.14. The molecule has 0 aromatic rings. The zero-order valence-electron chi connectivity index (χ0n) is 9.62. The van der Waals surface area contributed by atoms with Crippen molar-refractivity contribution in [3.05, 3.63) is 0 Å². The highest BCUT2D eigenvalue weighted by Crippen LogP contribution is 1.87. The molecule has 0 saturated carbocycles. The summed E-state index contributed by atoms with van der Waals surface area (Å²) in [6.45, 7) is 3.41. The average molecular weight is 236 g/mol. The molecule has 0 atom stereocenters. The standard InChI is InChI=1S/C9H20N2O3S/c1-4-11(2)9(12)8-10-6-5-7-15(3,13)14/h10H,4-8H2,1-3H3. The predicted molar refractivity (Wildman–Crippen MR) is 60.5 cm³/mol. The van der Waals surface area contributed by atoms with E-state index in [0.717, 1.165) is 0 Å². The van der Waals surface area contributed by atoms with E-state index in [0.29, 0.717) is 19.5 Å². The normalized spacial score (nSPS) is 11.4. The molecule has 0 aliphatic rings. The lowest BCUT2D eigenvalue weighted by Crippen LogP contribution is -2.35. The van der Waals surface area contributed by atoms with Crippen molar-refractivity contribution < 1.29 is 13.2 Å². The number of likely N-dealkylation sites (N-methyl/N-ethyl adjacent to an activating group) is 1. The van der Waals surface area contributed by atoms with Gasteiger partial charge in [-0.3, -0.25) is 4.79 Å². The van der Waals surface area contributed by atoms with Gasteiger partial charge >= 0.3 is 0 Å². The summed E-state index contributed by atoms with van der Waals surface area (Å²) in [4.78, 5) is 12.9. The molecule has 5 nitrogen and oxygen atoms in total. The van der Waals surface area contributed by atoms with Crippen LogP contribution in [0.3, 0.4) is 0 Å². The maximum Gasteiger partial charge on any atom is 0.236 e. The van der Waals surface area contributed by atoms with Crippen molar-refractivity contribution in [2.75, 3.05) is 38.7 Å². The third-order valence-electron chi connectivity index (χ3n) is 2.05. The Balaban J connectivity index is 3.51. The number of hydrogen-bond acceptors (Lipinski definition) is 4. The van der Waals surface area contributed by atoms with Crippen LogP contribution in [0.5, 0.6) is 0 Å². The van der Waals surface area contributed by atoms with E-state index in [2.05, 4.69) is 5.32 Å². The van der Waals surface area contributed by atoms with Crippen LogP contribution < -0.4 is 5.32 Å². The van der Waals surface area contributed by atoms with E-state index >= 15 is 0 Å². The molecule has 0 unspecified atom stereocenters. The third-order valence-corrected chi connectivity index (χ3v) is 3.08. The Labute approximate surface area is 91.8 Å². The lowest BCUT2D eigenvalue weighted by Gasteiger charge is -2.14. The molecule has 6 heteroatoms. The topological polar surface area (TPSA) is 66.5 Å². The second kappa shape index (κ2) is 6.79. The summed E-state index contributed by atoms with van der Waals surface area (Å²) < 4.78 is 21.6. The Hall–Kier alpha value is -0.620. The minimum atomic E-state index is -2.88. The Morgan fingerprint density at radius 3 is 2.47 bits per heavy atom. The summed E-state index contributed by atoms with van der Waals surface area (Å²) in [6.07, 6.45) is 1.75. The van der Waals surface area contributed by atoms with Crippen LogP contribution in [0.25, 0.3) is 0 Å². The average Bonchev–Trinajstić information content (AvgIpc) is 2.14. The van der Waals surface area contributed by atoms with Crippen molar-refractivity contribution >= 4 is 15.7 Å². The molecule has 0 radical (unpaired) electrons. The Morgan fingerprint density at radius 1 is 1.40 bits per heavy atom. The molecule has 90 valence electrons. The number of carbonyl (C=O) groups is 1. The molecule has 0 heterocycles. The van der Waals surface area contributed by atoms with E-state index in [9.17, 15) is 13.2 Å². The van der Waals surface area contributed by atoms with Gasteiger partial charge in [-0.2, -0.15) is 0 Å². The van der Waals surface area contributed by atoms with E-state index in [1.165, 1.54) is 6.26 Å². The van der Waals surface area contributed by atoms with Crippen LogP contribution in [0.15, 0.2) is 0 Å². The number of sulfone groups is 1. The number of nitrogens with one attached hydrogen (secondary N) is 1. The van der Waals surface area contributed by atoms with Crippen LogP contribution in [-0.4, -0.2) is 57.9 Å². The molecule has 0 aliphatic heterocycles. The Kier molecular flexibility index (Phi) is 6.51. The zero-order chi connectivity index (χ0) is 11.9. The van der Waals surface area contributed by atoms with Crippen LogP contribution in [0.2, 0.25) is 0 Å². The van der Waals surface area contributed by atoms with Crippen LogP contribution in [-0.2, 0) is 14.6 Å². The minimum Gasteiger partial charge on any atom is -0.345 e. The Bertz CT molecular complexity index is 288. The van der Waals surface area contributed by atoms with E-state index < -0.39 is 9.84 Å². The zero-order valence-corrected chi connectivity index (χ0v) is 10.4. The fourth-order valence-electron chi connectivity index (χ4n) is 0.966. The van der Waals surface area contributed by atoms with Gasteiger partial charge in [0.2, 0.25) is 5.91 Å². The molecule has 1 amide bonds. The molecule has 0 fully saturated rings. The summed E-state index contributed by atoms with van der Waals surface area (Å²) in [6, 6.07) is 0. The molecule has 0 rings (SSSR count). The molecular formula is C9H20N2O3S. The van der Waals surface area contributed by atoms with Crippen molar-refractivity contribution in [3.63, 3.8) is 0 Å². The second-order valence-electron chi connectivity index (χ2n) is 3.57. The van der Waals surface area contributed by atoms with Gasteiger partial charge in [0.15, 0.2) is 0 Å². The molecule has 0 spiro atoms. The molecule has 0 saturated heterocycles. The third kappa shape index (κ3) is 8.38. The van der Waals surface area contributed by atoms with Gasteiger partial charge in [0.1, 0.15) is 9.84 Å². The molecule has 0 aromatic heterocycles. The quantitative estimate of drug-likeness (QED) is 0.605. The first-order chi connectivity index (χ1) is 6.87. The van der Waals surface area contributed by atoms with Crippen molar-refractivity contribution in [2.24, 2.45) is 0 Å². The maximum absolute atomic E-state index is 11.3. The van der Waals surface area contributed by atoms with Gasteiger partial charge in [-0.15, -0.1) is 0 Å². The first kappa shape index (κ1) is 14.4. The minimum absolute atomic E-state index is 0.0249. The summed E-state index contributed by atoms with van der Waals surface area (Å²) in [5.74, 6) is 0.189. The number of nitrogens with zero attached hydrogens (tertiary/aromatic N) is 1. The van der Waals surface area contributed by atoms with Gasteiger partial charge in [-0.1, -0.05) is 0 Å². The van der Waals surface area contributed by atoms with Gasteiger partial charge in [0.05, 0.1) is 12.3 Å². The number of carbonyl (C=O) groups excluding carboxylic acids is 1. The van der Waals surface area contributed by atoms with E-state index in [4.69, 9.17) is 0 Å².